The first kappa shape index (κ1) is 29.4. The normalized spacial score (nSPS) is 10.8. The number of imidazole rings is 1. The molecule has 0 saturated carbocycles. The van der Waals surface area contributed by atoms with Crippen molar-refractivity contribution in [2.75, 3.05) is 28.2 Å². The highest BCUT2D eigenvalue weighted by molar-refractivity contribution is 7.99. The number of aryl methyl sites for hydroxylation is 1. The summed E-state index contributed by atoms with van der Waals surface area (Å²) in [6.45, 7) is 12.5. The van der Waals surface area contributed by atoms with Crippen molar-refractivity contribution >= 4 is 46.0 Å². The van der Waals surface area contributed by atoms with Crippen LogP contribution in [0.3, 0.4) is 0 Å². The number of nitrogens with zero attached hydrogens (tertiary/aromatic N) is 3. The molecular formula is C27H40F2N6S. The van der Waals surface area contributed by atoms with E-state index in [1.54, 1.807) is 18.0 Å². The summed E-state index contributed by atoms with van der Waals surface area (Å²) < 4.78 is 28.5. The minimum absolute atomic E-state index is 0.217. The van der Waals surface area contributed by atoms with Gasteiger partial charge in [0.15, 0.2) is 11.5 Å². The van der Waals surface area contributed by atoms with Crippen LogP contribution in [0, 0.1) is 6.92 Å². The van der Waals surface area contributed by atoms with E-state index < -0.39 is 12.2 Å². The van der Waals surface area contributed by atoms with Crippen molar-refractivity contribution in [2.45, 2.75) is 72.6 Å². The molecule has 3 rings (SSSR count). The molecule has 0 saturated heterocycles. The van der Waals surface area contributed by atoms with Gasteiger partial charge in [0, 0.05) is 25.1 Å². The van der Waals surface area contributed by atoms with Gasteiger partial charge in [-0.2, -0.15) is 0 Å². The zero-order valence-corrected chi connectivity index (χ0v) is 23.2. The van der Waals surface area contributed by atoms with E-state index in [9.17, 15) is 8.78 Å². The molecule has 2 heterocycles. The summed E-state index contributed by atoms with van der Waals surface area (Å²) in [6, 6.07) is 7.81. The van der Waals surface area contributed by atoms with Gasteiger partial charge in [0.2, 0.25) is 0 Å². The summed E-state index contributed by atoms with van der Waals surface area (Å²) in [5.41, 5.74) is 4.99. The number of hydrogen-bond acceptors (Lipinski definition) is 6. The van der Waals surface area contributed by atoms with Gasteiger partial charge in [0.05, 0.1) is 17.1 Å². The standard InChI is InChI=1S/C21H26F2N6S.C6H14/c1-6-7-13(3)24-17-11-15(18-20(26-17)28-21(27-18)19(22)23)25-14-9-8-12(2)10-16(14)29(4)30-5;1-3-5-6-4-2/h8-11,19H,3,6-7H2,1-2,4-5H3,(H3,24,25,26,27,28);3-6H2,1-2H3. The van der Waals surface area contributed by atoms with Gasteiger partial charge in [0.25, 0.3) is 6.43 Å². The summed E-state index contributed by atoms with van der Waals surface area (Å²) in [5, 5.41) is 6.53. The van der Waals surface area contributed by atoms with Crippen LogP contribution in [0.4, 0.5) is 31.7 Å². The molecule has 0 radical (unpaired) electrons. The van der Waals surface area contributed by atoms with Crippen molar-refractivity contribution in [3.8, 4) is 0 Å². The summed E-state index contributed by atoms with van der Waals surface area (Å²) >= 11 is 1.58. The van der Waals surface area contributed by atoms with Crippen LogP contribution in [0.2, 0.25) is 0 Å². The highest BCUT2D eigenvalue weighted by atomic mass is 32.2. The first-order valence-electron chi connectivity index (χ1n) is 12.5. The molecule has 1 aromatic carbocycles. The monoisotopic (exact) mass is 518 g/mol. The third-order valence-corrected chi connectivity index (χ3v) is 6.28. The van der Waals surface area contributed by atoms with Gasteiger partial charge >= 0.3 is 0 Å². The minimum Gasteiger partial charge on any atom is -0.352 e. The Kier molecular flexibility index (Phi) is 12.0. The maximum Gasteiger partial charge on any atom is 0.295 e. The molecular weight excluding hydrogens is 478 g/mol. The SMILES string of the molecule is C=C(CCC)Nc1cc(Nc2ccc(C)cc2N(C)SC)c2[nH]c(C(F)F)nc2n1.CCCCCC. The summed E-state index contributed by atoms with van der Waals surface area (Å²) in [6.07, 6.45) is 6.53. The van der Waals surface area contributed by atoms with E-state index in [-0.39, 0.29) is 5.65 Å². The van der Waals surface area contributed by atoms with Crippen LogP contribution in [-0.4, -0.2) is 28.3 Å². The molecule has 0 bridgehead atoms. The van der Waals surface area contributed by atoms with Crippen LogP contribution < -0.4 is 14.9 Å². The molecule has 3 N–H and O–H groups in total. The number of anilines is 4. The lowest BCUT2D eigenvalue weighted by Crippen LogP contribution is -2.08. The maximum absolute atomic E-state index is 13.3. The van der Waals surface area contributed by atoms with Gasteiger partial charge in [-0.1, -0.05) is 77.5 Å². The number of allylic oxidation sites excluding steroid dienone is 1. The third-order valence-electron chi connectivity index (χ3n) is 5.54. The average Bonchev–Trinajstić information content (AvgIpc) is 3.29. The molecule has 2 aromatic heterocycles. The van der Waals surface area contributed by atoms with Crippen molar-refractivity contribution in [1.82, 2.24) is 15.0 Å². The predicted molar refractivity (Wildman–Crippen MR) is 153 cm³/mol. The average molecular weight is 519 g/mol. The van der Waals surface area contributed by atoms with E-state index in [4.69, 9.17) is 0 Å². The van der Waals surface area contributed by atoms with E-state index in [0.717, 1.165) is 35.5 Å². The fraction of sp³-hybridized carbons (Fsp3) is 0.481. The summed E-state index contributed by atoms with van der Waals surface area (Å²) in [4.78, 5) is 11.1. The first-order valence-corrected chi connectivity index (χ1v) is 13.7. The molecule has 0 aliphatic rings. The highest BCUT2D eigenvalue weighted by Gasteiger charge is 2.18. The van der Waals surface area contributed by atoms with E-state index in [0.29, 0.717) is 17.0 Å². The second-order valence-electron chi connectivity index (χ2n) is 8.69. The third kappa shape index (κ3) is 8.40. The lowest BCUT2D eigenvalue weighted by molar-refractivity contribution is 0.142. The Bertz CT molecular complexity index is 1110. The molecule has 0 atom stereocenters. The Hall–Kier alpha value is -2.81. The zero-order valence-electron chi connectivity index (χ0n) is 22.3. The molecule has 198 valence electrons. The lowest BCUT2D eigenvalue weighted by Gasteiger charge is -2.21. The number of H-pyrrole nitrogens is 1. The molecule has 0 spiro atoms. The zero-order chi connectivity index (χ0) is 26.7. The number of halogens is 2. The van der Waals surface area contributed by atoms with Crippen LogP contribution in [0.25, 0.3) is 11.2 Å². The molecule has 0 fully saturated rings. The highest BCUT2D eigenvalue weighted by Crippen LogP contribution is 2.35. The largest absolute Gasteiger partial charge is 0.352 e. The minimum atomic E-state index is -2.71. The number of fused-ring (bicyclic) bond motifs is 1. The fourth-order valence-corrected chi connectivity index (χ4v) is 3.92. The lowest BCUT2D eigenvalue weighted by atomic mass is 10.2. The molecule has 9 heteroatoms. The van der Waals surface area contributed by atoms with Gasteiger partial charge in [-0.3, -0.25) is 0 Å². The van der Waals surface area contributed by atoms with Gasteiger partial charge in [0.1, 0.15) is 11.3 Å². The van der Waals surface area contributed by atoms with Gasteiger partial charge in [-0.15, -0.1) is 0 Å². The Balaban J connectivity index is 0.000000678. The fourth-order valence-electron chi connectivity index (χ4n) is 3.57. The number of benzene rings is 1. The van der Waals surface area contributed by atoms with Crippen molar-refractivity contribution in [3.63, 3.8) is 0 Å². The Morgan fingerprint density at radius 1 is 1.08 bits per heavy atom. The van der Waals surface area contributed by atoms with E-state index in [2.05, 4.69) is 59.0 Å². The number of pyridine rings is 1. The number of nitrogens with one attached hydrogen (secondary N) is 3. The molecule has 3 aromatic rings. The number of unbranched alkanes of at least 4 members (excludes halogenated alkanes) is 3. The van der Waals surface area contributed by atoms with Crippen LogP contribution >= 0.6 is 11.9 Å². The molecule has 0 amide bonds. The molecule has 0 aliphatic carbocycles. The summed E-state index contributed by atoms with van der Waals surface area (Å²) in [5.74, 6) is 0.0955. The van der Waals surface area contributed by atoms with Crippen molar-refractivity contribution < 1.29 is 8.78 Å². The van der Waals surface area contributed by atoms with E-state index >= 15 is 0 Å². The molecule has 0 aliphatic heterocycles. The van der Waals surface area contributed by atoms with Gasteiger partial charge in [-0.25, -0.2) is 18.7 Å². The Morgan fingerprint density at radius 3 is 2.36 bits per heavy atom. The second-order valence-corrected chi connectivity index (χ2v) is 9.60. The van der Waals surface area contributed by atoms with E-state index in [1.165, 1.54) is 25.7 Å². The number of rotatable bonds is 12. The van der Waals surface area contributed by atoms with Crippen LogP contribution in [-0.2, 0) is 0 Å². The maximum atomic E-state index is 13.3. The van der Waals surface area contributed by atoms with Crippen LogP contribution in [0.1, 0.15) is 77.1 Å². The smallest absolute Gasteiger partial charge is 0.295 e. The Labute approximate surface area is 218 Å². The van der Waals surface area contributed by atoms with E-state index in [1.807, 2.05) is 36.7 Å². The second kappa shape index (κ2) is 14.7. The molecule has 6 nitrogen and oxygen atoms in total. The number of hydrogen-bond donors (Lipinski definition) is 3. The first-order chi connectivity index (χ1) is 17.2. The Morgan fingerprint density at radius 2 is 1.78 bits per heavy atom. The molecule has 0 unspecified atom stereocenters. The predicted octanol–water partition coefficient (Wildman–Crippen LogP) is 8.97. The number of alkyl halides is 2. The molecule has 36 heavy (non-hydrogen) atoms. The van der Waals surface area contributed by atoms with Crippen molar-refractivity contribution in [2.24, 2.45) is 0 Å². The van der Waals surface area contributed by atoms with Crippen LogP contribution in [0.5, 0.6) is 0 Å². The van der Waals surface area contributed by atoms with Gasteiger partial charge < -0.3 is 19.9 Å². The van der Waals surface area contributed by atoms with Crippen LogP contribution in [0.15, 0.2) is 36.5 Å². The van der Waals surface area contributed by atoms with Gasteiger partial charge in [-0.05, 0) is 31.0 Å². The quantitative estimate of drug-likeness (QED) is 0.164. The van der Waals surface area contributed by atoms with Crippen molar-refractivity contribution in [1.29, 1.82) is 0 Å². The number of aromatic nitrogens is 3. The number of aromatic amines is 1. The van der Waals surface area contributed by atoms with Crippen molar-refractivity contribution in [3.05, 3.63) is 47.9 Å². The topological polar surface area (TPSA) is 68.9 Å². The summed E-state index contributed by atoms with van der Waals surface area (Å²) in [7, 11) is 1.97.